The molecule has 0 radical (unpaired) electrons. The number of halogens is 3. The molecular weight excluding hydrogens is 394 g/mol. The maximum absolute atomic E-state index is 11.7. The van der Waals surface area contributed by atoms with E-state index in [9.17, 15) is 8.78 Å². The van der Waals surface area contributed by atoms with Gasteiger partial charge < -0.3 is 20.5 Å². The summed E-state index contributed by atoms with van der Waals surface area (Å²) in [5.74, 6) is -2.04. The fraction of sp³-hybridized carbons (Fsp3) is 0.455. The predicted octanol–water partition coefficient (Wildman–Crippen LogP) is 4.89. The number of nitrogens with one attached hydrogen (secondary N) is 3. The van der Waals surface area contributed by atoms with E-state index in [0.717, 1.165) is 40.5 Å². The third kappa shape index (κ3) is 6.21. The number of H-pyrrole nitrogens is 1. The van der Waals surface area contributed by atoms with Crippen molar-refractivity contribution in [3.05, 3.63) is 60.0 Å². The highest BCUT2D eigenvalue weighted by molar-refractivity contribution is 6.31. The van der Waals surface area contributed by atoms with Gasteiger partial charge in [0.2, 0.25) is 0 Å². The van der Waals surface area contributed by atoms with Crippen molar-refractivity contribution >= 4 is 22.5 Å². The Hall–Kier alpha value is -2.05. The first kappa shape index (κ1) is 21.7. The molecule has 4 nitrogen and oxygen atoms in total. The SMILES string of the molecule is C=C(NCc1cc2cc(Cl)ccc2[nH]1)NC1CCCN(C)C1.C=CC1CC1(F)F. The van der Waals surface area contributed by atoms with Crippen molar-refractivity contribution in [2.45, 2.75) is 37.8 Å². The largest absolute Gasteiger partial charge is 0.368 e. The van der Waals surface area contributed by atoms with E-state index in [2.05, 4.69) is 46.8 Å². The summed E-state index contributed by atoms with van der Waals surface area (Å²) < 4.78 is 23.5. The number of aromatic amines is 1. The van der Waals surface area contributed by atoms with Crippen LogP contribution < -0.4 is 10.6 Å². The molecule has 2 heterocycles. The highest BCUT2D eigenvalue weighted by atomic mass is 35.5. The lowest BCUT2D eigenvalue weighted by molar-refractivity contribution is 0.107. The van der Waals surface area contributed by atoms with E-state index in [0.29, 0.717) is 6.04 Å². The average molecular weight is 423 g/mol. The summed E-state index contributed by atoms with van der Waals surface area (Å²) in [7, 11) is 2.17. The lowest BCUT2D eigenvalue weighted by atomic mass is 10.1. The first-order chi connectivity index (χ1) is 13.8. The molecule has 0 bridgehead atoms. The molecule has 1 saturated heterocycles. The highest BCUT2D eigenvalue weighted by Crippen LogP contribution is 2.48. The number of hydrogen-bond acceptors (Lipinski definition) is 3. The Morgan fingerprint density at radius 2 is 2.17 bits per heavy atom. The Labute approximate surface area is 176 Å². The van der Waals surface area contributed by atoms with E-state index in [1.165, 1.54) is 25.5 Å². The Morgan fingerprint density at radius 3 is 2.79 bits per heavy atom. The molecule has 3 N–H and O–H groups in total. The maximum atomic E-state index is 11.7. The number of likely N-dealkylation sites (tertiary alicyclic amines) is 1. The van der Waals surface area contributed by atoms with Crippen LogP contribution in [0.5, 0.6) is 0 Å². The summed E-state index contributed by atoms with van der Waals surface area (Å²) in [5.41, 5.74) is 2.23. The van der Waals surface area contributed by atoms with Gasteiger partial charge in [-0.05, 0) is 50.7 Å². The number of likely N-dealkylation sites (N-methyl/N-ethyl adjacent to an activating group) is 1. The molecule has 29 heavy (non-hydrogen) atoms. The van der Waals surface area contributed by atoms with Crippen LogP contribution in [0.4, 0.5) is 8.78 Å². The molecule has 2 unspecified atom stereocenters. The zero-order chi connectivity index (χ0) is 21.0. The number of nitrogens with zero attached hydrogens (tertiary/aromatic N) is 1. The maximum Gasteiger partial charge on any atom is 0.255 e. The highest BCUT2D eigenvalue weighted by Gasteiger charge is 2.54. The lowest BCUT2D eigenvalue weighted by Crippen LogP contribution is -2.45. The zero-order valence-corrected chi connectivity index (χ0v) is 17.5. The number of fused-ring (bicyclic) bond motifs is 1. The van der Waals surface area contributed by atoms with Crippen LogP contribution in [0.15, 0.2) is 49.3 Å². The normalized spacial score (nSPS) is 23.0. The van der Waals surface area contributed by atoms with Gasteiger partial charge in [-0.15, -0.1) is 6.58 Å². The number of allylic oxidation sites excluding steroid dienone is 1. The number of rotatable bonds is 6. The Kier molecular flexibility index (Phi) is 6.85. The van der Waals surface area contributed by atoms with E-state index in [-0.39, 0.29) is 6.42 Å². The third-order valence-corrected chi connectivity index (χ3v) is 5.53. The second-order valence-corrected chi connectivity index (χ2v) is 8.35. The standard InChI is InChI=1S/C17H23ClN4.C5H6F2/c1-12(20-15-4-3-7-22(2)11-15)19-10-16-9-13-8-14(18)5-6-17(13)21-16;1-2-4-3-5(4,6)7/h5-6,8-9,15,19-21H,1,3-4,7,10-11H2,2H3;2,4H,1,3H2. The van der Waals surface area contributed by atoms with Crippen LogP contribution in [0.2, 0.25) is 5.02 Å². The predicted molar refractivity (Wildman–Crippen MR) is 116 cm³/mol. The van der Waals surface area contributed by atoms with Crippen molar-refractivity contribution in [1.29, 1.82) is 0 Å². The fourth-order valence-electron chi connectivity index (χ4n) is 3.53. The topological polar surface area (TPSA) is 43.1 Å². The molecule has 1 aromatic carbocycles. The van der Waals surface area contributed by atoms with Gasteiger partial charge in [0.25, 0.3) is 5.92 Å². The molecule has 2 aliphatic rings. The number of benzene rings is 1. The first-order valence-electron chi connectivity index (χ1n) is 9.92. The van der Waals surface area contributed by atoms with Crippen LogP contribution in [0.25, 0.3) is 10.9 Å². The molecule has 158 valence electrons. The van der Waals surface area contributed by atoms with Gasteiger partial charge in [0.1, 0.15) is 0 Å². The van der Waals surface area contributed by atoms with E-state index >= 15 is 0 Å². The van der Waals surface area contributed by atoms with Gasteiger partial charge in [-0.1, -0.05) is 24.3 Å². The third-order valence-electron chi connectivity index (χ3n) is 5.29. The van der Waals surface area contributed by atoms with Crippen LogP contribution in [-0.2, 0) is 6.54 Å². The van der Waals surface area contributed by atoms with Crippen LogP contribution in [0.3, 0.4) is 0 Å². The van der Waals surface area contributed by atoms with Crippen molar-refractivity contribution < 1.29 is 8.78 Å². The fourth-order valence-corrected chi connectivity index (χ4v) is 3.71. The van der Waals surface area contributed by atoms with Gasteiger partial charge >= 0.3 is 0 Å². The summed E-state index contributed by atoms with van der Waals surface area (Å²) in [5, 5.41) is 8.73. The van der Waals surface area contributed by atoms with E-state index < -0.39 is 11.8 Å². The van der Waals surface area contributed by atoms with Crippen molar-refractivity contribution in [3.63, 3.8) is 0 Å². The summed E-state index contributed by atoms with van der Waals surface area (Å²) in [4.78, 5) is 5.75. The molecular formula is C22H29ClF2N4. The summed E-state index contributed by atoms with van der Waals surface area (Å²) >= 11 is 6.02. The van der Waals surface area contributed by atoms with Crippen LogP contribution in [-0.4, -0.2) is 42.0 Å². The van der Waals surface area contributed by atoms with Gasteiger partial charge in [0, 0.05) is 46.5 Å². The minimum atomic E-state index is -2.40. The molecule has 1 aromatic heterocycles. The Balaban J connectivity index is 0.000000290. The van der Waals surface area contributed by atoms with Crippen molar-refractivity contribution in [3.8, 4) is 0 Å². The van der Waals surface area contributed by atoms with Gasteiger partial charge in [-0.2, -0.15) is 0 Å². The Morgan fingerprint density at radius 1 is 1.41 bits per heavy atom. The van der Waals surface area contributed by atoms with Crippen molar-refractivity contribution in [2.75, 3.05) is 20.1 Å². The van der Waals surface area contributed by atoms with Crippen LogP contribution >= 0.6 is 11.6 Å². The zero-order valence-electron chi connectivity index (χ0n) is 16.8. The van der Waals surface area contributed by atoms with Gasteiger partial charge in [0.05, 0.1) is 12.4 Å². The summed E-state index contributed by atoms with van der Waals surface area (Å²) in [6, 6.07) is 8.49. The van der Waals surface area contributed by atoms with E-state index in [1.54, 1.807) is 0 Å². The number of aromatic nitrogens is 1. The Bertz CT molecular complexity index is 864. The molecule has 2 aromatic rings. The van der Waals surface area contributed by atoms with Gasteiger partial charge in [-0.3, -0.25) is 0 Å². The molecule has 0 spiro atoms. The minimum Gasteiger partial charge on any atom is -0.368 e. The van der Waals surface area contributed by atoms with Crippen molar-refractivity contribution in [1.82, 2.24) is 20.5 Å². The lowest BCUT2D eigenvalue weighted by Gasteiger charge is -2.31. The minimum absolute atomic E-state index is 0.0104. The molecule has 4 rings (SSSR count). The smallest absolute Gasteiger partial charge is 0.255 e. The molecule has 0 amide bonds. The first-order valence-corrected chi connectivity index (χ1v) is 10.3. The monoisotopic (exact) mass is 422 g/mol. The van der Waals surface area contributed by atoms with Gasteiger partial charge in [-0.25, -0.2) is 8.78 Å². The van der Waals surface area contributed by atoms with Crippen molar-refractivity contribution in [2.24, 2.45) is 5.92 Å². The van der Waals surface area contributed by atoms with E-state index in [4.69, 9.17) is 11.6 Å². The van der Waals surface area contributed by atoms with E-state index in [1.807, 2.05) is 18.2 Å². The summed E-state index contributed by atoms with van der Waals surface area (Å²) in [6.45, 7) is 10.3. The quantitative estimate of drug-likeness (QED) is 0.580. The molecule has 2 atom stereocenters. The van der Waals surface area contributed by atoms with Gasteiger partial charge in [0.15, 0.2) is 0 Å². The molecule has 1 aliphatic carbocycles. The van der Waals surface area contributed by atoms with Crippen LogP contribution in [0.1, 0.15) is 25.0 Å². The second-order valence-electron chi connectivity index (χ2n) is 7.91. The second kappa shape index (κ2) is 9.18. The summed E-state index contributed by atoms with van der Waals surface area (Å²) in [6.07, 6.45) is 3.76. The number of piperidine rings is 1. The molecule has 2 fully saturated rings. The molecule has 1 aliphatic heterocycles. The number of alkyl halides is 2. The van der Waals surface area contributed by atoms with Crippen LogP contribution in [0, 0.1) is 5.92 Å². The average Bonchev–Trinajstić information content (AvgIpc) is 3.09. The molecule has 1 saturated carbocycles. The number of hydrogen-bond donors (Lipinski definition) is 3. The molecule has 7 heteroatoms.